The van der Waals surface area contributed by atoms with Crippen molar-refractivity contribution in [3.63, 3.8) is 0 Å². The Hall–Kier alpha value is -4.03. The van der Waals surface area contributed by atoms with Crippen LogP contribution in [0.5, 0.6) is 5.75 Å². The van der Waals surface area contributed by atoms with Gasteiger partial charge in [-0.05, 0) is 65.0 Å². The van der Waals surface area contributed by atoms with Crippen molar-refractivity contribution in [2.24, 2.45) is 0 Å². The van der Waals surface area contributed by atoms with Gasteiger partial charge >= 0.3 is 6.09 Å². The summed E-state index contributed by atoms with van der Waals surface area (Å²) in [6.07, 6.45) is 1.37. The summed E-state index contributed by atoms with van der Waals surface area (Å²) in [5, 5.41) is 13.6. The molecule has 9 nitrogen and oxygen atoms in total. The molecule has 0 aliphatic carbocycles. The number of rotatable bonds is 3. The molecule has 6 rings (SSSR count). The van der Waals surface area contributed by atoms with Crippen LogP contribution >= 0.6 is 0 Å². The number of anilines is 2. The first-order valence-corrected chi connectivity index (χ1v) is 14.3. The molecular formula is C32H38N6O3. The number of hydrogen-bond acceptors (Lipinski definition) is 8. The summed E-state index contributed by atoms with van der Waals surface area (Å²) in [5.74, 6) is 0.928. The number of pyridine rings is 1. The minimum Gasteiger partial charge on any atom is -0.491 e. The fraction of sp³-hybridized carbons (Fsp3) is 0.469. The number of benzene rings is 2. The molecule has 0 spiro atoms. The molecule has 0 saturated carbocycles. The fourth-order valence-corrected chi connectivity index (χ4v) is 6.37. The van der Waals surface area contributed by atoms with Gasteiger partial charge < -0.3 is 24.6 Å². The summed E-state index contributed by atoms with van der Waals surface area (Å²) in [6, 6.07) is 17.2. The quantitative estimate of drug-likeness (QED) is 0.499. The Balaban J connectivity index is 1.15. The van der Waals surface area contributed by atoms with Gasteiger partial charge in [-0.15, -0.1) is 0 Å². The first kappa shape index (κ1) is 27.2. The van der Waals surface area contributed by atoms with Crippen LogP contribution in [0.2, 0.25) is 0 Å². The maximum Gasteiger partial charge on any atom is 0.408 e. The second-order valence-electron chi connectivity index (χ2n) is 12.9. The van der Waals surface area contributed by atoms with Crippen LogP contribution in [-0.4, -0.2) is 72.0 Å². The van der Waals surface area contributed by atoms with E-state index in [0.29, 0.717) is 31.3 Å². The normalized spacial score (nSPS) is 22.0. The first-order chi connectivity index (χ1) is 19.5. The molecule has 0 bridgehead atoms. The SMILES string of the molecule is C[C@H]1CN(c2ccc(C#N)c3ncccc23)C[C@H]2COc3cc(N4CC(C)(NC(=O)OC(C)(C)C)C4)ccc3CN21. The molecule has 3 aliphatic heterocycles. The average molecular weight is 555 g/mol. The van der Waals surface area contributed by atoms with E-state index in [1.807, 2.05) is 39.8 Å². The van der Waals surface area contributed by atoms with Gasteiger partial charge in [-0.25, -0.2) is 4.79 Å². The van der Waals surface area contributed by atoms with Crippen LogP contribution in [0.1, 0.15) is 45.7 Å². The van der Waals surface area contributed by atoms with E-state index >= 15 is 0 Å². The van der Waals surface area contributed by atoms with Crippen LogP contribution in [0.25, 0.3) is 10.9 Å². The standard InChI is InChI=1S/C32H38N6O3/c1-21-15-36(27-11-9-22(14-33)29-26(27)7-6-12-34-29)17-25-18-40-28-13-24(10-8-23(28)16-38(21)25)37-19-32(5,20-37)35-30(39)41-31(2,3)4/h6-13,21,25H,15-20H2,1-5H3,(H,35,39)/t21-,25-/m0/s1. The maximum atomic E-state index is 12.3. The molecule has 2 saturated heterocycles. The molecule has 0 unspecified atom stereocenters. The topological polar surface area (TPSA) is 94.0 Å². The van der Waals surface area contributed by atoms with Gasteiger partial charge in [0.05, 0.1) is 22.7 Å². The van der Waals surface area contributed by atoms with Crippen LogP contribution < -0.4 is 19.9 Å². The summed E-state index contributed by atoms with van der Waals surface area (Å²) in [6.45, 7) is 14.5. The third-order valence-corrected chi connectivity index (χ3v) is 8.24. The lowest BCUT2D eigenvalue weighted by atomic mass is 9.91. The average Bonchev–Trinajstić information content (AvgIpc) is 3.09. The fourth-order valence-electron chi connectivity index (χ4n) is 6.37. The monoisotopic (exact) mass is 554 g/mol. The molecule has 2 fully saturated rings. The third kappa shape index (κ3) is 5.36. The number of aromatic nitrogens is 1. The predicted molar refractivity (Wildman–Crippen MR) is 159 cm³/mol. The van der Waals surface area contributed by atoms with Gasteiger partial charge in [-0.1, -0.05) is 6.07 Å². The number of carbonyl (C=O) groups excluding carboxylic acids is 1. The maximum absolute atomic E-state index is 12.3. The van der Waals surface area contributed by atoms with Crippen molar-refractivity contribution >= 4 is 28.4 Å². The van der Waals surface area contributed by atoms with E-state index in [-0.39, 0.29) is 17.7 Å². The number of fused-ring (bicyclic) bond motifs is 3. The van der Waals surface area contributed by atoms with E-state index in [1.54, 1.807) is 6.20 Å². The zero-order valence-corrected chi connectivity index (χ0v) is 24.5. The third-order valence-electron chi connectivity index (χ3n) is 8.24. The molecule has 4 heterocycles. The molecule has 1 amide bonds. The number of nitriles is 1. The zero-order chi connectivity index (χ0) is 28.9. The lowest BCUT2D eigenvalue weighted by Gasteiger charge is -2.49. The molecule has 3 aromatic rings. The zero-order valence-electron chi connectivity index (χ0n) is 24.5. The molecule has 2 aromatic carbocycles. The van der Waals surface area contributed by atoms with Crippen molar-refractivity contribution in [3.8, 4) is 11.8 Å². The van der Waals surface area contributed by atoms with E-state index in [2.05, 4.69) is 68.3 Å². The Morgan fingerprint density at radius 1 is 1.17 bits per heavy atom. The number of nitrogens with one attached hydrogen (secondary N) is 1. The highest BCUT2D eigenvalue weighted by molar-refractivity contribution is 5.95. The van der Waals surface area contributed by atoms with Crippen molar-refractivity contribution in [3.05, 3.63) is 59.8 Å². The molecule has 41 heavy (non-hydrogen) atoms. The number of ether oxygens (including phenoxy) is 2. The van der Waals surface area contributed by atoms with Gasteiger partial charge in [-0.2, -0.15) is 5.26 Å². The van der Waals surface area contributed by atoms with E-state index in [0.717, 1.165) is 47.7 Å². The van der Waals surface area contributed by atoms with Crippen molar-refractivity contribution < 1.29 is 14.3 Å². The molecule has 0 radical (unpaired) electrons. The largest absolute Gasteiger partial charge is 0.491 e. The highest BCUT2D eigenvalue weighted by Crippen LogP contribution is 2.37. The summed E-state index contributed by atoms with van der Waals surface area (Å²) >= 11 is 0. The van der Waals surface area contributed by atoms with Crippen molar-refractivity contribution in [2.75, 3.05) is 42.6 Å². The Morgan fingerprint density at radius 2 is 1.98 bits per heavy atom. The van der Waals surface area contributed by atoms with Crippen LogP contribution in [-0.2, 0) is 11.3 Å². The Morgan fingerprint density at radius 3 is 2.73 bits per heavy atom. The number of carbonyl (C=O) groups is 1. The number of alkyl carbamates (subject to hydrolysis) is 1. The Bertz CT molecular complexity index is 1520. The second kappa shape index (κ2) is 10.1. The highest BCUT2D eigenvalue weighted by atomic mass is 16.6. The van der Waals surface area contributed by atoms with E-state index in [4.69, 9.17) is 9.47 Å². The predicted octanol–water partition coefficient (Wildman–Crippen LogP) is 4.68. The summed E-state index contributed by atoms with van der Waals surface area (Å²) < 4.78 is 11.9. The number of piperazine rings is 1. The smallest absolute Gasteiger partial charge is 0.408 e. The second-order valence-corrected chi connectivity index (χ2v) is 12.9. The molecule has 9 heteroatoms. The van der Waals surface area contributed by atoms with E-state index < -0.39 is 5.60 Å². The Kier molecular flexibility index (Phi) is 6.69. The summed E-state index contributed by atoms with van der Waals surface area (Å²) in [5.41, 5.74) is 3.90. The van der Waals surface area contributed by atoms with Crippen molar-refractivity contribution in [2.45, 2.75) is 64.4 Å². The van der Waals surface area contributed by atoms with Gasteiger partial charge in [0, 0.05) is 73.4 Å². The molecule has 2 atom stereocenters. The van der Waals surface area contributed by atoms with Gasteiger partial charge in [-0.3, -0.25) is 9.88 Å². The van der Waals surface area contributed by atoms with Gasteiger partial charge in [0.1, 0.15) is 24.0 Å². The number of hydrogen-bond donors (Lipinski definition) is 1. The summed E-state index contributed by atoms with van der Waals surface area (Å²) in [7, 11) is 0. The minimum atomic E-state index is -0.521. The van der Waals surface area contributed by atoms with Crippen molar-refractivity contribution in [1.29, 1.82) is 5.26 Å². The van der Waals surface area contributed by atoms with Crippen LogP contribution in [0.3, 0.4) is 0 Å². The molecule has 1 N–H and O–H groups in total. The van der Waals surface area contributed by atoms with Gasteiger partial charge in [0.2, 0.25) is 0 Å². The number of amides is 1. The molecule has 3 aliphatic rings. The van der Waals surface area contributed by atoms with Crippen LogP contribution in [0.15, 0.2) is 48.7 Å². The minimum absolute atomic E-state index is 0.224. The van der Waals surface area contributed by atoms with Crippen LogP contribution in [0, 0.1) is 11.3 Å². The first-order valence-electron chi connectivity index (χ1n) is 14.3. The van der Waals surface area contributed by atoms with Crippen LogP contribution in [0.4, 0.5) is 16.2 Å². The van der Waals surface area contributed by atoms with E-state index in [9.17, 15) is 10.1 Å². The summed E-state index contributed by atoms with van der Waals surface area (Å²) in [4.78, 5) is 24.0. The van der Waals surface area contributed by atoms with Gasteiger partial charge in [0.15, 0.2) is 0 Å². The molecule has 214 valence electrons. The molecular weight excluding hydrogens is 516 g/mol. The molecule has 1 aromatic heterocycles. The van der Waals surface area contributed by atoms with E-state index in [1.165, 1.54) is 5.56 Å². The highest BCUT2D eigenvalue weighted by Gasteiger charge is 2.42. The Labute approximate surface area is 241 Å². The lowest BCUT2D eigenvalue weighted by Crippen LogP contribution is -2.69. The van der Waals surface area contributed by atoms with Crippen molar-refractivity contribution in [1.82, 2.24) is 15.2 Å². The lowest BCUT2D eigenvalue weighted by molar-refractivity contribution is 0.0445. The van der Waals surface area contributed by atoms with Gasteiger partial charge in [0.25, 0.3) is 0 Å². The number of nitrogens with zero attached hydrogens (tertiary/aromatic N) is 5.